The number of hydrogen-bond donors (Lipinski definition) is 2. The van der Waals surface area contributed by atoms with Crippen molar-refractivity contribution in [2.75, 3.05) is 18.4 Å². The molecule has 0 saturated carbocycles. The SMILES string of the molecule is CCC(c1ccc(NC(=O)Cc2ccc(-n3cnc4cccnc43)cc2)cc1C(F)(F)F)C1CCNCC1. The van der Waals surface area contributed by atoms with Crippen LogP contribution in [0.25, 0.3) is 16.9 Å². The van der Waals surface area contributed by atoms with E-state index in [0.717, 1.165) is 54.4 Å². The summed E-state index contributed by atoms with van der Waals surface area (Å²) in [6.07, 6.45) is 1.29. The van der Waals surface area contributed by atoms with Gasteiger partial charge in [0.15, 0.2) is 5.65 Å². The number of carbonyl (C=O) groups is 1. The number of halogens is 3. The van der Waals surface area contributed by atoms with Gasteiger partial charge in [0.2, 0.25) is 5.91 Å². The van der Waals surface area contributed by atoms with Crippen molar-refractivity contribution in [2.24, 2.45) is 5.92 Å². The third kappa shape index (κ3) is 5.57. The zero-order valence-electron chi connectivity index (χ0n) is 21.1. The van der Waals surface area contributed by atoms with Crippen LogP contribution in [0.3, 0.4) is 0 Å². The number of carbonyl (C=O) groups excluding carboxylic acids is 1. The van der Waals surface area contributed by atoms with Crippen molar-refractivity contribution in [3.63, 3.8) is 0 Å². The molecule has 1 unspecified atom stereocenters. The maximum Gasteiger partial charge on any atom is 0.416 e. The lowest BCUT2D eigenvalue weighted by molar-refractivity contribution is -0.138. The Bertz CT molecular complexity index is 1410. The fourth-order valence-electron chi connectivity index (χ4n) is 5.46. The van der Waals surface area contributed by atoms with Crippen molar-refractivity contribution in [2.45, 2.75) is 44.7 Å². The molecule has 9 heteroatoms. The maximum absolute atomic E-state index is 14.1. The van der Waals surface area contributed by atoms with Crippen LogP contribution in [0.4, 0.5) is 18.9 Å². The molecule has 1 fully saturated rings. The van der Waals surface area contributed by atoms with Gasteiger partial charge in [0, 0.05) is 17.6 Å². The van der Waals surface area contributed by atoms with Gasteiger partial charge in [-0.05, 0) is 91.7 Å². The minimum Gasteiger partial charge on any atom is -0.326 e. The molecule has 6 nitrogen and oxygen atoms in total. The van der Waals surface area contributed by atoms with E-state index in [9.17, 15) is 18.0 Å². The van der Waals surface area contributed by atoms with Crippen LogP contribution in [0, 0.1) is 5.92 Å². The molecular weight excluding hydrogens is 491 g/mol. The number of aromatic nitrogens is 3. The Morgan fingerprint density at radius 1 is 1.11 bits per heavy atom. The first-order valence-corrected chi connectivity index (χ1v) is 12.9. The number of rotatable bonds is 7. The molecule has 3 heterocycles. The molecule has 1 atom stereocenters. The summed E-state index contributed by atoms with van der Waals surface area (Å²) in [4.78, 5) is 21.4. The van der Waals surface area contributed by atoms with Crippen molar-refractivity contribution in [3.8, 4) is 5.69 Å². The highest BCUT2D eigenvalue weighted by Gasteiger charge is 2.37. The number of nitrogens with zero attached hydrogens (tertiary/aromatic N) is 3. The molecule has 0 spiro atoms. The molecule has 0 aliphatic carbocycles. The van der Waals surface area contributed by atoms with E-state index in [0.29, 0.717) is 12.0 Å². The Morgan fingerprint density at radius 2 is 1.87 bits per heavy atom. The van der Waals surface area contributed by atoms with E-state index in [1.807, 2.05) is 47.9 Å². The summed E-state index contributed by atoms with van der Waals surface area (Å²) >= 11 is 0. The molecule has 2 aromatic heterocycles. The Hall–Kier alpha value is -3.72. The number of hydrogen-bond acceptors (Lipinski definition) is 4. The van der Waals surface area contributed by atoms with Gasteiger partial charge < -0.3 is 10.6 Å². The quantitative estimate of drug-likeness (QED) is 0.308. The molecule has 2 aromatic carbocycles. The molecule has 1 aliphatic heterocycles. The molecule has 2 N–H and O–H groups in total. The lowest BCUT2D eigenvalue weighted by Crippen LogP contribution is -2.31. The van der Waals surface area contributed by atoms with Gasteiger partial charge in [0.25, 0.3) is 0 Å². The van der Waals surface area contributed by atoms with E-state index in [1.54, 1.807) is 24.7 Å². The Kier molecular flexibility index (Phi) is 7.46. The third-order valence-electron chi connectivity index (χ3n) is 7.32. The molecule has 4 aromatic rings. The second-order valence-corrected chi connectivity index (χ2v) is 9.75. The van der Waals surface area contributed by atoms with Gasteiger partial charge in [0.05, 0.1) is 12.0 Å². The monoisotopic (exact) mass is 521 g/mol. The van der Waals surface area contributed by atoms with Gasteiger partial charge in [-0.1, -0.05) is 25.1 Å². The first-order chi connectivity index (χ1) is 18.3. The molecule has 1 saturated heterocycles. The first kappa shape index (κ1) is 25.9. The Morgan fingerprint density at radius 3 is 2.58 bits per heavy atom. The number of benzene rings is 2. The largest absolute Gasteiger partial charge is 0.416 e. The van der Waals surface area contributed by atoms with Crippen molar-refractivity contribution < 1.29 is 18.0 Å². The highest BCUT2D eigenvalue weighted by Crippen LogP contribution is 2.42. The molecule has 1 amide bonds. The van der Waals surface area contributed by atoms with Crippen LogP contribution in [0.1, 0.15) is 48.8 Å². The molecule has 1 aliphatic rings. The molecular formula is C29H30F3N5O. The van der Waals surface area contributed by atoms with E-state index in [-0.39, 0.29) is 29.9 Å². The number of alkyl halides is 3. The number of fused-ring (bicyclic) bond motifs is 1. The van der Waals surface area contributed by atoms with Gasteiger partial charge in [-0.3, -0.25) is 9.36 Å². The molecule has 5 rings (SSSR count). The van der Waals surface area contributed by atoms with Crippen LogP contribution in [0.2, 0.25) is 0 Å². The fraction of sp³-hybridized carbons (Fsp3) is 0.345. The lowest BCUT2D eigenvalue weighted by atomic mass is 9.77. The topological polar surface area (TPSA) is 71.8 Å². The van der Waals surface area contributed by atoms with Crippen molar-refractivity contribution in [3.05, 3.63) is 83.8 Å². The third-order valence-corrected chi connectivity index (χ3v) is 7.32. The summed E-state index contributed by atoms with van der Waals surface area (Å²) in [7, 11) is 0. The van der Waals surface area contributed by atoms with E-state index in [2.05, 4.69) is 20.6 Å². The van der Waals surface area contributed by atoms with E-state index >= 15 is 0 Å². The Balaban J connectivity index is 1.30. The highest BCUT2D eigenvalue weighted by atomic mass is 19.4. The zero-order chi connectivity index (χ0) is 26.7. The van der Waals surface area contributed by atoms with Gasteiger partial charge >= 0.3 is 6.18 Å². The number of imidazole rings is 1. The standard InChI is InChI=1S/C29H30F3N5O/c1-2-23(20-11-14-33-15-12-20)24-10-7-21(17-25(24)29(30,31)32)36-27(38)16-19-5-8-22(9-6-19)37-18-35-26-4-3-13-34-28(26)37/h3-10,13,17-18,20,23,33H,2,11-12,14-16H2,1H3,(H,36,38). The van der Waals surface area contributed by atoms with Gasteiger partial charge in [0.1, 0.15) is 11.8 Å². The number of pyridine rings is 1. The smallest absolute Gasteiger partial charge is 0.326 e. The predicted octanol–water partition coefficient (Wildman–Crippen LogP) is 6.11. The summed E-state index contributed by atoms with van der Waals surface area (Å²) in [6.45, 7) is 3.60. The van der Waals surface area contributed by atoms with Gasteiger partial charge in [-0.15, -0.1) is 0 Å². The summed E-state index contributed by atoms with van der Waals surface area (Å²) < 4.78 is 44.1. The van der Waals surface area contributed by atoms with E-state index in [1.165, 1.54) is 0 Å². The normalized spacial score (nSPS) is 15.5. The van der Waals surface area contributed by atoms with Gasteiger partial charge in [-0.25, -0.2) is 9.97 Å². The minimum atomic E-state index is -4.50. The summed E-state index contributed by atoms with van der Waals surface area (Å²) in [5.74, 6) is -0.333. The van der Waals surface area contributed by atoms with Crippen LogP contribution in [0.5, 0.6) is 0 Å². The number of amides is 1. The minimum absolute atomic E-state index is 0.0406. The number of anilines is 1. The van der Waals surface area contributed by atoms with E-state index < -0.39 is 11.7 Å². The van der Waals surface area contributed by atoms with Crippen molar-refractivity contribution in [1.29, 1.82) is 0 Å². The summed E-state index contributed by atoms with van der Waals surface area (Å²) in [5, 5.41) is 5.94. The summed E-state index contributed by atoms with van der Waals surface area (Å²) in [6, 6.07) is 15.3. The number of piperidine rings is 1. The van der Waals surface area contributed by atoms with Crippen LogP contribution < -0.4 is 10.6 Å². The fourth-order valence-corrected chi connectivity index (χ4v) is 5.46. The van der Waals surface area contributed by atoms with Crippen LogP contribution >= 0.6 is 0 Å². The van der Waals surface area contributed by atoms with Gasteiger partial charge in [-0.2, -0.15) is 13.2 Å². The molecule has 0 radical (unpaired) electrons. The van der Waals surface area contributed by atoms with E-state index in [4.69, 9.17) is 0 Å². The highest BCUT2D eigenvalue weighted by molar-refractivity contribution is 5.92. The van der Waals surface area contributed by atoms with Crippen molar-refractivity contribution >= 4 is 22.8 Å². The van der Waals surface area contributed by atoms with Crippen LogP contribution in [-0.2, 0) is 17.4 Å². The first-order valence-electron chi connectivity index (χ1n) is 12.9. The predicted molar refractivity (Wildman–Crippen MR) is 141 cm³/mol. The van der Waals surface area contributed by atoms with Crippen molar-refractivity contribution in [1.82, 2.24) is 19.9 Å². The average Bonchev–Trinajstić information content (AvgIpc) is 3.34. The maximum atomic E-state index is 14.1. The summed E-state index contributed by atoms with van der Waals surface area (Å²) in [5.41, 5.74) is 2.91. The van der Waals surface area contributed by atoms with Crippen LogP contribution in [0.15, 0.2) is 67.1 Å². The molecule has 38 heavy (non-hydrogen) atoms. The average molecular weight is 522 g/mol. The Labute approximate surface area is 219 Å². The second kappa shape index (κ2) is 10.9. The molecule has 0 bridgehead atoms. The zero-order valence-corrected chi connectivity index (χ0v) is 21.1. The number of nitrogens with one attached hydrogen (secondary N) is 2. The lowest BCUT2D eigenvalue weighted by Gasteiger charge is -2.32. The van der Waals surface area contributed by atoms with Crippen LogP contribution in [-0.4, -0.2) is 33.5 Å². The molecule has 198 valence electrons. The second-order valence-electron chi connectivity index (χ2n) is 9.75.